The molecule has 0 radical (unpaired) electrons. The van der Waals surface area contributed by atoms with Gasteiger partial charge in [-0.15, -0.1) is 0 Å². The summed E-state index contributed by atoms with van der Waals surface area (Å²) < 4.78 is 0. The van der Waals surface area contributed by atoms with Gasteiger partial charge in [-0.05, 0) is 12.8 Å². The fraction of sp³-hybridized carbons (Fsp3) is 0.857. The van der Waals surface area contributed by atoms with Gasteiger partial charge in [0.2, 0.25) is 5.91 Å². The van der Waals surface area contributed by atoms with Gasteiger partial charge >= 0.3 is 5.97 Å². The van der Waals surface area contributed by atoms with Gasteiger partial charge in [0.15, 0.2) is 0 Å². The lowest BCUT2D eigenvalue weighted by molar-refractivity contribution is -0.138. The van der Waals surface area contributed by atoms with Gasteiger partial charge in [-0.2, -0.15) is 0 Å². The van der Waals surface area contributed by atoms with E-state index in [1.165, 1.54) is 44.9 Å². The van der Waals surface area contributed by atoms with Crippen molar-refractivity contribution in [3.63, 3.8) is 0 Å². The average Bonchev–Trinajstić information content (AvgIpc) is 2.35. The van der Waals surface area contributed by atoms with E-state index in [1.807, 2.05) is 0 Å². The number of amides is 1. The Hall–Kier alpha value is -1.06. The average molecular weight is 255 g/mol. The van der Waals surface area contributed by atoms with Crippen molar-refractivity contribution in [2.24, 2.45) is 0 Å². The van der Waals surface area contributed by atoms with Gasteiger partial charge in [-0.25, -0.2) is 0 Å². The van der Waals surface area contributed by atoms with Crippen molar-refractivity contribution < 1.29 is 14.7 Å². The van der Waals surface area contributed by atoms with Crippen molar-refractivity contribution in [1.29, 1.82) is 0 Å². The molecule has 0 atom stereocenters. The highest BCUT2D eigenvalue weighted by molar-refractivity contribution is 5.80. The maximum atomic E-state index is 11.6. The molecule has 1 aliphatic rings. The molecular weight excluding hydrogens is 230 g/mol. The molecule has 1 saturated carbocycles. The summed E-state index contributed by atoms with van der Waals surface area (Å²) in [6.45, 7) is 0. The number of carbonyl (C=O) groups excluding carboxylic acids is 1. The summed E-state index contributed by atoms with van der Waals surface area (Å²) >= 11 is 0. The molecule has 1 aliphatic carbocycles. The summed E-state index contributed by atoms with van der Waals surface area (Å²) in [7, 11) is 0. The van der Waals surface area contributed by atoms with Crippen LogP contribution in [0, 0.1) is 0 Å². The van der Waals surface area contributed by atoms with Crippen LogP contribution in [0.5, 0.6) is 0 Å². The monoisotopic (exact) mass is 255 g/mol. The number of carbonyl (C=O) groups is 2. The van der Waals surface area contributed by atoms with E-state index in [0.717, 1.165) is 12.8 Å². The lowest BCUT2D eigenvalue weighted by atomic mass is 9.97. The van der Waals surface area contributed by atoms with Crippen LogP contribution in [0.3, 0.4) is 0 Å². The Labute approximate surface area is 109 Å². The molecule has 2 N–H and O–H groups in total. The highest BCUT2D eigenvalue weighted by Gasteiger charge is 2.13. The van der Waals surface area contributed by atoms with Gasteiger partial charge in [0.1, 0.15) is 0 Å². The first-order valence-corrected chi connectivity index (χ1v) is 7.19. The van der Waals surface area contributed by atoms with Crippen LogP contribution in [0.4, 0.5) is 0 Å². The van der Waals surface area contributed by atoms with E-state index in [2.05, 4.69) is 5.32 Å². The molecule has 1 fully saturated rings. The smallest absolute Gasteiger partial charge is 0.303 e. The molecular formula is C14H25NO3. The molecule has 0 spiro atoms. The second kappa shape index (κ2) is 8.95. The summed E-state index contributed by atoms with van der Waals surface area (Å²) in [4.78, 5) is 22.0. The molecule has 4 nitrogen and oxygen atoms in total. The highest BCUT2D eigenvalue weighted by atomic mass is 16.4. The number of nitrogens with one attached hydrogen (secondary N) is 1. The fourth-order valence-corrected chi connectivity index (χ4v) is 2.47. The van der Waals surface area contributed by atoms with Gasteiger partial charge < -0.3 is 10.4 Å². The van der Waals surface area contributed by atoms with E-state index < -0.39 is 5.97 Å². The molecule has 4 heteroatoms. The quantitative estimate of drug-likeness (QED) is 0.811. The minimum atomic E-state index is -0.906. The SMILES string of the molecule is O=C(O)CCC(=O)NC1CCCCCCCCC1. The van der Waals surface area contributed by atoms with Crippen LogP contribution in [-0.4, -0.2) is 23.0 Å². The van der Waals surface area contributed by atoms with Gasteiger partial charge in [-0.1, -0.05) is 44.9 Å². The molecule has 18 heavy (non-hydrogen) atoms. The van der Waals surface area contributed by atoms with Gasteiger partial charge in [0.05, 0.1) is 6.42 Å². The minimum absolute atomic E-state index is 0.0709. The maximum absolute atomic E-state index is 11.6. The molecule has 0 aromatic rings. The molecule has 0 aliphatic heterocycles. The van der Waals surface area contributed by atoms with E-state index in [1.54, 1.807) is 0 Å². The molecule has 104 valence electrons. The number of hydrogen-bond donors (Lipinski definition) is 2. The van der Waals surface area contributed by atoms with Crippen molar-refractivity contribution >= 4 is 11.9 Å². The second-order valence-electron chi connectivity index (χ2n) is 5.21. The van der Waals surface area contributed by atoms with Crippen LogP contribution < -0.4 is 5.32 Å². The predicted molar refractivity (Wildman–Crippen MR) is 70.4 cm³/mol. The third-order valence-corrected chi connectivity index (χ3v) is 3.54. The Kier molecular flexibility index (Phi) is 7.46. The molecule has 0 aromatic heterocycles. The van der Waals surface area contributed by atoms with Crippen LogP contribution in [0.1, 0.15) is 70.6 Å². The van der Waals surface area contributed by atoms with Crippen LogP contribution in [-0.2, 0) is 9.59 Å². The number of carboxylic acids is 1. The number of carboxylic acid groups (broad SMARTS) is 1. The van der Waals surface area contributed by atoms with Gasteiger partial charge in [0, 0.05) is 12.5 Å². The Morgan fingerprint density at radius 3 is 1.89 bits per heavy atom. The Bertz CT molecular complexity index is 256. The number of hydrogen-bond acceptors (Lipinski definition) is 2. The summed E-state index contributed by atoms with van der Waals surface area (Å²) in [5.41, 5.74) is 0. The summed E-state index contributed by atoms with van der Waals surface area (Å²) in [5.74, 6) is -1.02. The topological polar surface area (TPSA) is 66.4 Å². The number of rotatable bonds is 4. The standard InChI is InChI=1S/C14H25NO3/c16-13(10-11-14(17)18)15-12-8-6-4-2-1-3-5-7-9-12/h12H,1-11H2,(H,15,16)(H,17,18). The minimum Gasteiger partial charge on any atom is -0.481 e. The van der Waals surface area contributed by atoms with Crippen LogP contribution in [0.2, 0.25) is 0 Å². The van der Waals surface area contributed by atoms with E-state index in [9.17, 15) is 9.59 Å². The van der Waals surface area contributed by atoms with Crippen molar-refractivity contribution in [3.05, 3.63) is 0 Å². The maximum Gasteiger partial charge on any atom is 0.303 e. The summed E-state index contributed by atoms with van der Waals surface area (Å²) in [5, 5.41) is 11.5. The molecule has 0 aromatic carbocycles. The third kappa shape index (κ3) is 7.30. The molecule has 0 unspecified atom stereocenters. The zero-order valence-electron chi connectivity index (χ0n) is 11.1. The molecule has 1 rings (SSSR count). The molecule has 0 saturated heterocycles. The Morgan fingerprint density at radius 2 is 1.39 bits per heavy atom. The zero-order chi connectivity index (χ0) is 13.2. The normalized spacial score (nSPS) is 19.1. The number of aliphatic carboxylic acids is 1. The molecule has 1 amide bonds. The van der Waals surface area contributed by atoms with E-state index in [0.29, 0.717) is 0 Å². The Balaban J connectivity index is 2.27. The molecule has 0 heterocycles. The van der Waals surface area contributed by atoms with Gasteiger partial charge in [-0.3, -0.25) is 9.59 Å². The molecule has 0 bridgehead atoms. The van der Waals surface area contributed by atoms with Crippen molar-refractivity contribution in [2.75, 3.05) is 0 Å². The van der Waals surface area contributed by atoms with E-state index in [4.69, 9.17) is 5.11 Å². The van der Waals surface area contributed by atoms with E-state index >= 15 is 0 Å². The predicted octanol–water partition coefficient (Wildman–Crippen LogP) is 2.86. The summed E-state index contributed by atoms with van der Waals surface area (Å²) in [6.07, 6.45) is 10.9. The third-order valence-electron chi connectivity index (χ3n) is 3.54. The van der Waals surface area contributed by atoms with Crippen LogP contribution >= 0.6 is 0 Å². The van der Waals surface area contributed by atoms with Crippen LogP contribution in [0.25, 0.3) is 0 Å². The first-order valence-electron chi connectivity index (χ1n) is 7.19. The first kappa shape index (κ1) is 15.0. The van der Waals surface area contributed by atoms with Gasteiger partial charge in [0.25, 0.3) is 0 Å². The van der Waals surface area contributed by atoms with E-state index in [-0.39, 0.29) is 24.8 Å². The second-order valence-corrected chi connectivity index (χ2v) is 5.21. The van der Waals surface area contributed by atoms with Crippen molar-refractivity contribution in [2.45, 2.75) is 76.7 Å². The largest absolute Gasteiger partial charge is 0.481 e. The van der Waals surface area contributed by atoms with Crippen molar-refractivity contribution in [3.8, 4) is 0 Å². The highest BCUT2D eigenvalue weighted by Crippen LogP contribution is 2.17. The van der Waals surface area contributed by atoms with Crippen molar-refractivity contribution in [1.82, 2.24) is 5.32 Å². The lowest BCUT2D eigenvalue weighted by Gasteiger charge is -2.20. The lowest BCUT2D eigenvalue weighted by Crippen LogP contribution is -2.35. The Morgan fingerprint density at radius 1 is 0.889 bits per heavy atom. The zero-order valence-corrected chi connectivity index (χ0v) is 11.1. The first-order chi connectivity index (χ1) is 8.68. The van der Waals surface area contributed by atoms with Crippen LogP contribution in [0.15, 0.2) is 0 Å². The fourth-order valence-electron chi connectivity index (χ4n) is 2.47. The summed E-state index contributed by atoms with van der Waals surface area (Å²) in [6, 6.07) is 0.254.